The number of allylic oxidation sites excluding steroid dienone is 1. The molecular weight excluding hydrogens is 320 g/mol. The predicted octanol–water partition coefficient (Wildman–Crippen LogP) is 4.24. The molecule has 0 radical (unpaired) electrons. The molecule has 24 heavy (non-hydrogen) atoms. The molecule has 0 unspecified atom stereocenters. The van der Waals surface area contributed by atoms with Crippen molar-refractivity contribution >= 4 is 40.8 Å². The number of aliphatic hydroxyl groups excluding tert-OH is 1. The third-order valence-corrected chi connectivity index (χ3v) is 4.16. The van der Waals surface area contributed by atoms with E-state index in [2.05, 4.69) is 10.3 Å². The van der Waals surface area contributed by atoms with Crippen LogP contribution in [0.2, 0.25) is 0 Å². The van der Waals surface area contributed by atoms with Gasteiger partial charge in [-0.1, -0.05) is 42.5 Å². The summed E-state index contributed by atoms with van der Waals surface area (Å²) < 4.78 is 0. The van der Waals surface area contributed by atoms with Gasteiger partial charge in [0.2, 0.25) is 0 Å². The highest BCUT2D eigenvalue weighted by Gasteiger charge is 2.27. The van der Waals surface area contributed by atoms with Gasteiger partial charge in [0.15, 0.2) is 10.9 Å². The first-order valence-corrected chi connectivity index (χ1v) is 7.88. The van der Waals surface area contributed by atoms with E-state index in [1.807, 2.05) is 32.0 Å². The van der Waals surface area contributed by atoms with Crippen LogP contribution in [0.1, 0.15) is 27.0 Å². The number of hydrogen-bond acceptors (Lipinski definition) is 3. The molecule has 2 aromatic carbocycles. The molecule has 1 aliphatic rings. The maximum absolute atomic E-state index is 12.3. The molecule has 0 saturated carbocycles. The minimum atomic E-state index is -0.248. The van der Waals surface area contributed by atoms with Crippen LogP contribution in [0.4, 0.5) is 5.69 Å². The summed E-state index contributed by atoms with van der Waals surface area (Å²) in [6, 6.07) is 12.9. The Morgan fingerprint density at radius 3 is 2.33 bits per heavy atom. The number of benzene rings is 2. The molecule has 0 atom stereocenters. The number of fused-ring (bicyclic) bond motifs is 1. The summed E-state index contributed by atoms with van der Waals surface area (Å²) in [5.74, 6) is -0.309. The minimum absolute atomic E-state index is 0.0609. The second-order valence-corrected chi connectivity index (χ2v) is 5.98. The lowest BCUT2D eigenvalue weighted by atomic mass is 10.1. The van der Waals surface area contributed by atoms with Crippen molar-refractivity contribution in [3.05, 3.63) is 70.3 Å². The SMILES string of the molecule is Cc1cccc(C)c1NC(=S)N=CC1=C(O)c2ccccc2C1=O. The Labute approximate surface area is 145 Å². The molecule has 5 heteroatoms. The standard InChI is InChI=1S/C19H16N2O2S/c1-11-6-5-7-12(2)16(11)21-19(24)20-10-15-17(22)13-8-3-4-9-14(13)18(15)23/h3-10,22H,1-2H3,(H,21,24). The number of nitrogens with zero attached hydrogens (tertiary/aromatic N) is 1. The highest BCUT2D eigenvalue weighted by molar-refractivity contribution is 7.80. The van der Waals surface area contributed by atoms with Gasteiger partial charge in [-0.3, -0.25) is 4.79 Å². The number of carbonyl (C=O) groups excluding carboxylic acids is 1. The summed E-state index contributed by atoms with van der Waals surface area (Å²) in [6.07, 6.45) is 1.32. The number of aliphatic hydroxyl groups is 1. The van der Waals surface area contributed by atoms with E-state index in [4.69, 9.17) is 12.2 Å². The predicted molar refractivity (Wildman–Crippen MR) is 101 cm³/mol. The van der Waals surface area contributed by atoms with E-state index in [-0.39, 0.29) is 22.2 Å². The summed E-state index contributed by atoms with van der Waals surface area (Å²) in [7, 11) is 0. The second kappa shape index (κ2) is 6.37. The lowest BCUT2D eigenvalue weighted by Crippen LogP contribution is -2.10. The van der Waals surface area contributed by atoms with Crippen molar-refractivity contribution < 1.29 is 9.90 Å². The highest BCUT2D eigenvalue weighted by atomic mass is 32.1. The topological polar surface area (TPSA) is 61.7 Å². The largest absolute Gasteiger partial charge is 0.506 e. The number of anilines is 1. The molecule has 4 nitrogen and oxygen atoms in total. The fourth-order valence-corrected chi connectivity index (χ4v) is 2.83. The van der Waals surface area contributed by atoms with Crippen LogP contribution in [-0.2, 0) is 0 Å². The van der Waals surface area contributed by atoms with Gasteiger partial charge in [0, 0.05) is 23.0 Å². The lowest BCUT2D eigenvalue weighted by Gasteiger charge is -2.10. The average Bonchev–Trinajstić information content (AvgIpc) is 2.81. The normalized spacial score (nSPS) is 13.5. The van der Waals surface area contributed by atoms with Crippen LogP contribution in [0.25, 0.3) is 5.76 Å². The maximum atomic E-state index is 12.3. The van der Waals surface area contributed by atoms with Gasteiger partial charge in [-0.15, -0.1) is 0 Å². The van der Waals surface area contributed by atoms with Crippen molar-refractivity contribution in [2.45, 2.75) is 13.8 Å². The van der Waals surface area contributed by atoms with Crippen molar-refractivity contribution in [2.24, 2.45) is 4.99 Å². The summed E-state index contributed by atoms with van der Waals surface area (Å²) in [5, 5.41) is 13.5. The number of carbonyl (C=O) groups is 1. The van der Waals surface area contributed by atoms with Crippen LogP contribution < -0.4 is 5.32 Å². The third-order valence-electron chi connectivity index (χ3n) is 3.95. The molecule has 1 aliphatic carbocycles. The van der Waals surface area contributed by atoms with Crippen LogP contribution in [0.5, 0.6) is 0 Å². The van der Waals surface area contributed by atoms with E-state index < -0.39 is 0 Å². The molecule has 2 aromatic rings. The zero-order valence-electron chi connectivity index (χ0n) is 13.3. The third kappa shape index (κ3) is 2.86. The molecule has 3 rings (SSSR count). The molecule has 0 aromatic heterocycles. The first-order valence-electron chi connectivity index (χ1n) is 7.47. The van der Waals surface area contributed by atoms with E-state index in [9.17, 15) is 9.90 Å². The average molecular weight is 336 g/mol. The molecule has 0 aliphatic heterocycles. The van der Waals surface area contributed by atoms with Gasteiger partial charge in [-0.2, -0.15) is 0 Å². The number of thiocarbonyl (C=S) groups is 1. The number of para-hydroxylation sites is 1. The lowest BCUT2D eigenvalue weighted by molar-refractivity contribution is 0.104. The van der Waals surface area contributed by atoms with Crippen molar-refractivity contribution in [2.75, 3.05) is 5.32 Å². The molecule has 0 bridgehead atoms. The number of Topliss-reactive ketones (excluding diaryl/α,β-unsaturated/α-hetero) is 1. The Hall–Kier alpha value is -2.79. The Bertz CT molecular complexity index is 893. The number of hydrogen-bond donors (Lipinski definition) is 2. The Morgan fingerprint density at radius 2 is 1.71 bits per heavy atom. The monoisotopic (exact) mass is 336 g/mol. The molecule has 0 saturated heterocycles. The number of ketones is 1. The van der Waals surface area contributed by atoms with Gasteiger partial charge >= 0.3 is 0 Å². The van der Waals surface area contributed by atoms with Gasteiger partial charge in [0.05, 0.1) is 5.57 Å². The van der Waals surface area contributed by atoms with Crippen LogP contribution in [0.3, 0.4) is 0 Å². The Balaban J connectivity index is 1.81. The Kier molecular flexibility index (Phi) is 4.27. The zero-order chi connectivity index (χ0) is 17.3. The number of aryl methyl sites for hydroxylation is 2. The van der Waals surface area contributed by atoms with Gasteiger partial charge in [-0.25, -0.2) is 4.99 Å². The first kappa shape index (κ1) is 16.1. The molecular formula is C19H16N2O2S. The Morgan fingerprint density at radius 1 is 1.08 bits per heavy atom. The van der Waals surface area contributed by atoms with Crippen molar-refractivity contribution in [3.63, 3.8) is 0 Å². The number of rotatable bonds is 2. The van der Waals surface area contributed by atoms with Crippen LogP contribution in [0.15, 0.2) is 53.0 Å². The fourth-order valence-electron chi connectivity index (χ4n) is 2.68. The summed E-state index contributed by atoms with van der Waals surface area (Å²) >= 11 is 5.23. The van der Waals surface area contributed by atoms with E-state index in [0.29, 0.717) is 11.1 Å². The summed E-state index contributed by atoms with van der Waals surface area (Å²) in [4.78, 5) is 16.4. The molecule has 2 N–H and O–H groups in total. The molecule has 0 spiro atoms. The van der Waals surface area contributed by atoms with E-state index in [0.717, 1.165) is 16.8 Å². The van der Waals surface area contributed by atoms with Gasteiger partial charge < -0.3 is 10.4 Å². The minimum Gasteiger partial charge on any atom is -0.506 e. The van der Waals surface area contributed by atoms with E-state index >= 15 is 0 Å². The smallest absolute Gasteiger partial charge is 0.199 e. The fraction of sp³-hybridized carbons (Fsp3) is 0.105. The molecule has 0 fully saturated rings. The van der Waals surface area contributed by atoms with E-state index in [1.54, 1.807) is 24.3 Å². The maximum Gasteiger partial charge on any atom is 0.199 e. The summed E-state index contributed by atoms with van der Waals surface area (Å²) in [6.45, 7) is 3.96. The van der Waals surface area contributed by atoms with Crippen LogP contribution in [0, 0.1) is 13.8 Å². The van der Waals surface area contributed by atoms with E-state index in [1.165, 1.54) is 6.21 Å². The highest BCUT2D eigenvalue weighted by Crippen LogP contribution is 2.29. The first-order chi connectivity index (χ1) is 11.5. The van der Waals surface area contributed by atoms with Crippen molar-refractivity contribution in [3.8, 4) is 0 Å². The zero-order valence-corrected chi connectivity index (χ0v) is 14.1. The quantitative estimate of drug-likeness (QED) is 0.636. The number of aliphatic imine (C=N–C) groups is 1. The van der Waals surface area contributed by atoms with Crippen LogP contribution in [-0.4, -0.2) is 22.2 Å². The van der Waals surface area contributed by atoms with Gasteiger partial charge in [-0.05, 0) is 37.2 Å². The second-order valence-electron chi connectivity index (χ2n) is 5.59. The molecule has 0 amide bonds. The van der Waals surface area contributed by atoms with Crippen molar-refractivity contribution in [1.82, 2.24) is 0 Å². The molecule has 120 valence electrons. The van der Waals surface area contributed by atoms with Gasteiger partial charge in [0.25, 0.3) is 0 Å². The van der Waals surface area contributed by atoms with Crippen molar-refractivity contribution in [1.29, 1.82) is 0 Å². The number of nitrogens with one attached hydrogen (secondary N) is 1. The summed E-state index contributed by atoms with van der Waals surface area (Å²) in [5.41, 5.74) is 4.17. The van der Waals surface area contributed by atoms with Crippen LogP contribution >= 0.6 is 12.2 Å². The molecule has 0 heterocycles. The van der Waals surface area contributed by atoms with Gasteiger partial charge in [0.1, 0.15) is 5.76 Å².